The van der Waals surface area contributed by atoms with Gasteiger partial charge >= 0.3 is 0 Å². The van der Waals surface area contributed by atoms with E-state index in [-0.39, 0.29) is 0 Å². The average Bonchev–Trinajstić information content (AvgIpc) is 2.91. The molecule has 108 valence electrons. The Labute approximate surface area is 122 Å². The van der Waals surface area contributed by atoms with Crippen molar-refractivity contribution in [3.8, 4) is 0 Å². The van der Waals surface area contributed by atoms with E-state index in [2.05, 4.69) is 53.0 Å². The molecule has 0 amide bonds. The van der Waals surface area contributed by atoms with Gasteiger partial charge in [0.15, 0.2) is 0 Å². The summed E-state index contributed by atoms with van der Waals surface area (Å²) in [6, 6.07) is 10.6. The molecule has 2 rings (SSSR count). The first kappa shape index (κ1) is 14.8. The maximum absolute atomic E-state index is 4.50. The second-order valence-electron chi connectivity index (χ2n) is 5.47. The van der Waals surface area contributed by atoms with E-state index in [1.54, 1.807) is 0 Å². The van der Waals surface area contributed by atoms with Crippen molar-refractivity contribution in [2.45, 2.75) is 58.4 Å². The van der Waals surface area contributed by atoms with Crippen molar-refractivity contribution in [1.29, 1.82) is 0 Å². The highest BCUT2D eigenvalue weighted by atomic mass is 15.1. The lowest BCUT2D eigenvalue weighted by atomic mass is 10.1. The maximum Gasteiger partial charge on any atom is 0.113 e. The third-order valence-electron chi connectivity index (χ3n) is 3.76. The number of unbranched alkanes of at least 4 members (excludes halogenated alkanes) is 5. The van der Waals surface area contributed by atoms with Crippen molar-refractivity contribution in [3.63, 3.8) is 0 Å². The smallest absolute Gasteiger partial charge is 0.113 e. The first-order valence-corrected chi connectivity index (χ1v) is 7.94. The van der Waals surface area contributed by atoms with Crippen LogP contribution < -0.4 is 0 Å². The zero-order chi connectivity index (χ0) is 14.0. The number of aryl methyl sites for hydroxylation is 1. The van der Waals surface area contributed by atoms with Crippen LogP contribution in [0.4, 0.5) is 0 Å². The number of aromatic nitrogens is 2. The number of hydrogen-bond donors (Lipinski definition) is 0. The third kappa shape index (κ3) is 4.84. The molecule has 2 nitrogen and oxygen atoms in total. The monoisotopic (exact) mass is 270 g/mol. The van der Waals surface area contributed by atoms with E-state index in [4.69, 9.17) is 0 Å². The third-order valence-corrected chi connectivity index (χ3v) is 3.76. The van der Waals surface area contributed by atoms with Crippen molar-refractivity contribution < 1.29 is 0 Å². The zero-order valence-corrected chi connectivity index (χ0v) is 12.6. The average molecular weight is 270 g/mol. The second kappa shape index (κ2) is 8.57. The van der Waals surface area contributed by atoms with Gasteiger partial charge in [0.2, 0.25) is 0 Å². The van der Waals surface area contributed by atoms with Crippen LogP contribution in [0.25, 0.3) is 0 Å². The Morgan fingerprint density at radius 3 is 2.50 bits per heavy atom. The van der Waals surface area contributed by atoms with E-state index in [1.165, 1.54) is 49.9 Å². The van der Waals surface area contributed by atoms with Crippen molar-refractivity contribution in [2.75, 3.05) is 0 Å². The lowest BCUT2D eigenvalue weighted by Gasteiger charge is -2.08. The van der Waals surface area contributed by atoms with Gasteiger partial charge in [-0.2, -0.15) is 0 Å². The summed E-state index contributed by atoms with van der Waals surface area (Å²) in [5.41, 5.74) is 1.34. The lowest BCUT2D eigenvalue weighted by Crippen LogP contribution is -2.04. The highest BCUT2D eigenvalue weighted by Gasteiger charge is 2.03. The number of benzene rings is 1. The quantitative estimate of drug-likeness (QED) is 0.596. The van der Waals surface area contributed by atoms with Crippen LogP contribution >= 0.6 is 0 Å². The Morgan fingerprint density at radius 2 is 1.70 bits per heavy atom. The molecule has 0 unspecified atom stereocenters. The largest absolute Gasteiger partial charge is 0.335 e. The molecular weight excluding hydrogens is 244 g/mol. The van der Waals surface area contributed by atoms with Crippen LogP contribution in [-0.2, 0) is 13.0 Å². The number of hydrogen-bond acceptors (Lipinski definition) is 1. The second-order valence-corrected chi connectivity index (χ2v) is 5.47. The predicted octanol–water partition coefficient (Wildman–Crippen LogP) is 4.83. The van der Waals surface area contributed by atoms with Gasteiger partial charge < -0.3 is 4.57 Å². The summed E-state index contributed by atoms with van der Waals surface area (Å²) >= 11 is 0. The predicted molar refractivity (Wildman–Crippen MR) is 84.9 cm³/mol. The molecule has 0 N–H and O–H groups in total. The normalized spacial score (nSPS) is 10.8. The minimum absolute atomic E-state index is 0.934. The Balaban J connectivity index is 1.77. The molecule has 0 radical (unpaired) electrons. The molecule has 0 atom stereocenters. The van der Waals surface area contributed by atoms with E-state index in [0.29, 0.717) is 0 Å². The van der Waals surface area contributed by atoms with Crippen LogP contribution in [0.5, 0.6) is 0 Å². The molecule has 2 aromatic rings. The Bertz CT molecular complexity index is 473. The van der Waals surface area contributed by atoms with E-state index in [1.807, 2.05) is 6.20 Å². The van der Waals surface area contributed by atoms with Crippen LogP contribution in [0, 0.1) is 0 Å². The van der Waals surface area contributed by atoms with Crippen LogP contribution in [0.15, 0.2) is 42.7 Å². The molecule has 0 aliphatic rings. The van der Waals surface area contributed by atoms with Gasteiger partial charge in [0.05, 0.1) is 0 Å². The first-order valence-electron chi connectivity index (χ1n) is 7.94. The zero-order valence-electron chi connectivity index (χ0n) is 12.6. The van der Waals surface area contributed by atoms with Crippen molar-refractivity contribution >= 4 is 0 Å². The summed E-state index contributed by atoms with van der Waals surface area (Å²) in [4.78, 5) is 4.50. The van der Waals surface area contributed by atoms with Crippen LogP contribution in [-0.4, -0.2) is 9.55 Å². The minimum Gasteiger partial charge on any atom is -0.335 e. The molecule has 0 bridgehead atoms. The van der Waals surface area contributed by atoms with E-state index in [9.17, 15) is 0 Å². The van der Waals surface area contributed by atoms with Crippen molar-refractivity contribution in [1.82, 2.24) is 9.55 Å². The Kier molecular flexibility index (Phi) is 6.36. The van der Waals surface area contributed by atoms with Crippen LogP contribution in [0.1, 0.15) is 56.8 Å². The van der Waals surface area contributed by atoms with Crippen molar-refractivity contribution in [3.05, 3.63) is 54.1 Å². The van der Waals surface area contributed by atoms with Gasteiger partial charge in [0.25, 0.3) is 0 Å². The van der Waals surface area contributed by atoms with Gasteiger partial charge in [-0.3, -0.25) is 0 Å². The molecule has 0 aliphatic carbocycles. The van der Waals surface area contributed by atoms with E-state index >= 15 is 0 Å². The van der Waals surface area contributed by atoms with Crippen LogP contribution in [0.3, 0.4) is 0 Å². The molecular formula is C18H26N2. The standard InChI is InChI=1S/C18H26N2/c1-2-3-4-5-6-10-14-20-15-13-19-18(20)16-17-11-8-7-9-12-17/h7-9,11-13,15H,2-6,10,14,16H2,1H3. The highest BCUT2D eigenvalue weighted by Crippen LogP contribution is 2.10. The summed E-state index contributed by atoms with van der Waals surface area (Å²) in [5, 5.41) is 0. The van der Waals surface area contributed by atoms with Crippen molar-refractivity contribution in [2.24, 2.45) is 0 Å². The Hall–Kier alpha value is -1.57. The van der Waals surface area contributed by atoms with Gasteiger partial charge in [-0.1, -0.05) is 69.4 Å². The van der Waals surface area contributed by atoms with E-state index < -0.39 is 0 Å². The SMILES string of the molecule is CCCCCCCCn1ccnc1Cc1ccccc1. The summed E-state index contributed by atoms with van der Waals surface area (Å²) in [7, 11) is 0. The summed E-state index contributed by atoms with van der Waals surface area (Å²) in [5.74, 6) is 1.18. The van der Waals surface area contributed by atoms with Crippen LogP contribution in [0.2, 0.25) is 0 Å². The summed E-state index contributed by atoms with van der Waals surface area (Å²) in [6.07, 6.45) is 13.0. The fourth-order valence-electron chi connectivity index (χ4n) is 2.55. The topological polar surface area (TPSA) is 17.8 Å². The van der Waals surface area contributed by atoms with Gasteiger partial charge in [0, 0.05) is 25.4 Å². The molecule has 20 heavy (non-hydrogen) atoms. The molecule has 2 heteroatoms. The molecule has 1 aromatic heterocycles. The molecule has 1 aromatic carbocycles. The van der Waals surface area contributed by atoms with Gasteiger partial charge in [-0.25, -0.2) is 4.98 Å². The van der Waals surface area contributed by atoms with E-state index in [0.717, 1.165) is 13.0 Å². The fourth-order valence-corrected chi connectivity index (χ4v) is 2.55. The summed E-state index contributed by atoms with van der Waals surface area (Å²) < 4.78 is 2.31. The minimum atomic E-state index is 0.934. The number of rotatable bonds is 9. The van der Waals surface area contributed by atoms with Gasteiger partial charge in [0.1, 0.15) is 5.82 Å². The van der Waals surface area contributed by atoms with Gasteiger partial charge in [-0.15, -0.1) is 0 Å². The molecule has 0 saturated heterocycles. The number of imidazole rings is 1. The molecule has 0 aliphatic heterocycles. The number of nitrogens with zero attached hydrogens (tertiary/aromatic N) is 2. The first-order chi connectivity index (χ1) is 9.90. The Morgan fingerprint density at radius 1 is 0.950 bits per heavy atom. The maximum atomic E-state index is 4.50. The lowest BCUT2D eigenvalue weighted by molar-refractivity contribution is 0.548. The molecule has 0 saturated carbocycles. The van der Waals surface area contributed by atoms with Gasteiger partial charge in [-0.05, 0) is 12.0 Å². The molecule has 0 fully saturated rings. The highest BCUT2D eigenvalue weighted by molar-refractivity contribution is 5.19. The fraction of sp³-hybridized carbons (Fsp3) is 0.500. The molecule has 0 spiro atoms. The summed E-state index contributed by atoms with van der Waals surface area (Å²) in [6.45, 7) is 3.37. The molecule has 1 heterocycles.